The molecule has 2 unspecified atom stereocenters. The number of aromatic nitrogens is 2. The van der Waals surface area contributed by atoms with Gasteiger partial charge >= 0.3 is 6.03 Å². The number of aryl methyl sites for hydroxylation is 1. The lowest BCUT2D eigenvalue weighted by Crippen LogP contribution is -2.76. The Morgan fingerprint density at radius 3 is 2.40 bits per heavy atom. The quantitative estimate of drug-likeness (QED) is 0.154. The number of carbonyl (C=O) groups is 4. The third-order valence-corrected chi connectivity index (χ3v) is 12.4. The highest BCUT2D eigenvalue weighted by Crippen LogP contribution is 2.33. The van der Waals surface area contributed by atoms with Crippen LogP contribution in [-0.2, 0) is 36.1 Å². The molecule has 5 aromatic rings. The second kappa shape index (κ2) is 17.3. The first kappa shape index (κ1) is 40.7. The normalized spacial score (nSPS) is 19.8. The van der Waals surface area contributed by atoms with Crippen LogP contribution in [0.3, 0.4) is 0 Å². The SMILES string of the molecule is C=CCN1CC(=O)N2C(Cc3ccc(O)cc3)C(=O)N(Cc3cccc4c(C(=O)Nc5ccc(N6CCN(C7CC7)CC6)nc5)cn(C)c34)CC2N1C(=O)NCc1ccccc1. The Balaban J connectivity index is 0.977. The van der Waals surface area contributed by atoms with Gasteiger partial charge in [-0.25, -0.2) is 19.8 Å². The van der Waals surface area contributed by atoms with Gasteiger partial charge in [0.2, 0.25) is 11.8 Å². The van der Waals surface area contributed by atoms with Crippen molar-refractivity contribution >= 4 is 46.2 Å². The molecule has 3 N–H and O–H groups in total. The van der Waals surface area contributed by atoms with E-state index < -0.39 is 18.2 Å². The van der Waals surface area contributed by atoms with Crippen LogP contribution in [-0.4, -0.2) is 127 Å². The van der Waals surface area contributed by atoms with Crippen molar-refractivity contribution < 1.29 is 24.3 Å². The van der Waals surface area contributed by atoms with Crippen LogP contribution < -0.4 is 15.5 Å². The minimum atomic E-state index is -0.942. The Bertz CT molecular complexity index is 2460. The van der Waals surface area contributed by atoms with Crippen LogP contribution in [0, 0.1) is 0 Å². The van der Waals surface area contributed by atoms with Crippen LogP contribution >= 0.6 is 0 Å². The fourth-order valence-corrected chi connectivity index (χ4v) is 9.22. The van der Waals surface area contributed by atoms with E-state index in [2.05, 4.69) is 27.0 Å². The number of phenolic OH excluding ortho intramolecular Hbond substituents is 1. The van der Waals surface area contributed by atoms with Gasteiger partial charge in [-0.2, -0.15) is 0 Å². The number of pyridine rings is 1. The molecule has 5 amide bonds. The predicted octanol–water partition coefficient (Wildman–Crippen LogP) is 4.55. The Kier molecular flexibility index (Phi) is 11.4. The maximum absolute atomic E-state index is 14.8. The number of phenols is 1. The minimum Gasteiger partial charge on any atom is -0.508 e. The van der Waals surface area contributed by atoms with Crippen molar-refractivity contribution in [3.05, 3.63) is 132 Å². The number of hydrogen-bond donors (Lipinski definition) is 3. The molecule has 5 heterocycles. The Labute approximate surface area is 360 Å². The van der Waals surface area contributed by atoms with Crippen LogP contribution in [0.1, 0.15) is 39.9 Å². The van der Waals surface area contributed by atoms with E-state index in [1.165, 1.54) is 12.8 Å². The van der Waals surface area contributed by atoms with E-state index in [0.717, 1.165) is 65.6 Å². The van der Waals surface area contributed by atoms with E-state index >= 15 is 0 Å². The summed E-state index contributed by atoms with van der Waals surface area (Å²) in [5.74, 6) is 0.159. The predicted molar refractivity (Wildman–Crippen MR) is 236 cm³/mol. The Morgan fingerprint density at radius 2 is 1.69 bits per heavy atom. The molecule has 2 atom stereocenters. The third kappa shape index (κ3) is 8.33. The number of hydrazine groups is 1. The number of urea groups is 1. The van der Waals surface area contributed by atoms with Crippen molar-refractivity contribution in [2.24, 2.45) is 7.05 Å². The Morgan fingerprint density at radius 1 is 0.919 bits per heavy atom. The summed E-state index contributed by atoms with van der Waals surface area (Å²) in [5.41, 5.74) is 4.32. The molecule has 62 heavy (non-hydrogen) atoms. The standard InChI is InChI=1S/C47H52N10O5/c1-3-20-55-31-43(59)56-40(25-32-12-17-37(58)18-13-32)46(61)54(30-42(56)57(55)47(62)49-26-33-8-5-4-6-9-33)28-34-10-7-11-38-39(29-51(2)44(34)38)45(60)50-35-14-19-41(48-27-35)53-23-21-52(22-24-53)36-15-16-36/h3-14,17-19,27,29,36,40,42,58H,1,15-16,20-26,28,30-31H2,2H3,(H,49,62)(H,50,60). The number of aromatic hydroxyl groups is 1. The molecule has 9 rings (SSSR count). The molecule has 3 aromatic carbocycles. The van der Waals surface area contributed by atoms with E-state index in [-0.39, 0.29) is 62.6 Å². The Hall–Kier alpha value is -6.71. The van der Waals surface area contributed by atoms with Crippen LogP contribution in [0.25, 0.3) is 10.9 Å². The van der Waals surface area contributed by atoms with E-state index in [1.54, 1.807) is 62.6 Å². The van der Waals surface area contributed by atoms with Crippen molar-refractivity contribution in [2.75, 3.05) is 56.0 Å². The maximum atomic E-state index is 14.8. The van der Waals surface area contributed by atoms with Crippen molar-refractivity contribution in [1.82, 2.24) is 39.6 Å². The van der Waals surface area contributed by atoms with E-state index in [4.69, 9.17) is 4.98 Å². The molecule has 320 valence electrons. The fourth-order valence-electron chi connectivity index (χ4n) is 9.22. The van der Waals surface area contributed by atoms with E-state index in [1.807, 2.05) is 72.3 Å². The van der Waals surface area contributed by atoms with Crippen molar-refractivity contribution in [2.45, 2.75) is 50.6 Å². The molecule has 1 saturated carbocycles. The van der Waals surface area contributed by atoms with Gasteiger partial charge in [0.05, 0.1) is 36.1 Å². The summed E-state index contributed by atoms with van der Waals surface area (Å²) in [4.78, 5) is 69.8. The summed E-state index contributed by atoms with van der Waals surface area (Å²) in [7, 11) is 1.88. The zero-order valence-electron chi connectivity index (χ0n) is 34.9. The van der Waals surface area contributed by atoms with Crippen LogP contribution in [0.5, 0.6) is 5.75 Å². The number of nitrogens with one attached hydrogen (secondary N) is 2. The molecule has 4 aliphatic rings. The van der Waals surface area contributed by atoms with Gasteiger partial charge in [-0.05, 0) is 53.8 Å². The second-order valence-corrected chi connectivity index (χ2v) is 16.6. The summed E-state index contributed by atoms with van der Waals surface area (Å²) in [6.07, 6.45) is 7.09. The average molecular weight is 837 g/mol. The maximum Gasteiger partial charge on any atom is 0.334 e. The summed E-state index contributed by atoms with van der Waals surface area (Å²) in [6, 6.07) is 25.1. The fraction of sp³-hybridized carbons (Fsp3) is 0.340. The lowest BCUT2D eigenvalue weighted by molar-refractivity contribution is -0.189. The van der Waals surface area contributed by atoms with Gasteiger partial charge in [0.25, 0.3) is 5.91 Å². The third-order valence-electron chi connectivity index (χ3n) is 12.4. The number of carbonyl (C=O) groups excluding carboxylic acids is 4. The first-order valence-corrected chi connectivity index (χ1v) is 21.3. The van der Waals surface area contributed by atoms with Crippen LogP contribution in [0.4, 0.5) is 16.3 Å². The van der Waals surface area contributed by atoms with Gasteiger partial charge in [-0.15, -0.1) is 6.58 Å². The first-order chi connectivity index (χ1) is 30.1. The molecular weight excluding hydrogens is 785 g/mol. The number of benzene rings is 3. The van der Waals surface area contributed by atoms with Gasteiger partial charge in [0.15, 0.2) is 0 Å². The zero-order chi connectivity index (χ0) is 42.9. The number of nitrogens with zero attached hydrogens (tertiary/aromatic N) is 8. The van der Waals surface area contributed by atoms with Crippen molar-refractivity contribution in [1.29, 1.82) is 0 Å². The van der Waals surface area contributed by atoms with E-state index in [9.17, 15) is 24.3 Å². The van der Waals surface area contributed by atoms with Gasteiger partial charge in [-0.3, -0.25) is 19.3 Å². The average Bonchev–Trinajstić information content (AvgIpc) is 4.08. The molecule has 0 spiro atoms. The smallest absolute Gasteiger partial charge is 0.334 e. The van der Waals surface area contributed by atoms with Crippen molar-refractivity contribution in [3.8, 4) is 5.75 Å². The number of hydrogen-bond acceptors (Lipinski definition) is 9. The summed E-state index contributed by atoms with van der Waals surface area (Å²) in [6.45, 7) is 8.41. The topological polar surface area (TPSA) is 150 Å². The van der Waals surface area contributed by atoms with E-state index in [0.29, 0.717) is 11.3 Å². The number of para-hydroxylation sites is 1. The number of amides is 5. The van der Waals surface area contributed by atoms with Gasteiger partial charge in [-0.1, -0.05) is 66.7 Å². The highest BCUT2D eigenvalue weighted by Gasteiger charge is 2.51. The van der Waals surface area contributed by atoms with Gasteiger partial charge in [0.1, 0.15) is 23.8 Å². The van der Waals surface area contributed by atoms with Gasteiger partial charge < -0.3 is 35.0 Å². The number of anilines is 2. The molecule has 3 aliphatic heterocycles. The summed E-state index contributed by atoms with van der Waals surface area (Å²) < 4.78 is 1.90. The molecule has 4 fully saturated rings. The molecule has 0 radical (unpaired) electrons. The number of piperazine rings is 2. The summed E-state index contributed by atoms with van der Waals surface area (Å²) in [5, 5.41) is 20.0. The molecule has 0 bridgehead atoms. The molecule has 2 aromatic heterocycles. The molecule has 15 nitrogen and oxygen atoms in total. The lowest BCUT2D eigenvalue weighted by atomic mass is 9.98. The van der Waals surface area contributed by atoms with Crippen LogP contribution in [0.15, 0.2) is 110 Å². The highest BCUT2D eigenvalue weighted by molar-refractivity contribution is 6.13. The number of fused-ring (bicyclic) bond motifs is 2. The minimum absolute atomic E-state index is 0.0381. The molecule has 3 saturated heterocycles. The molecular formula is C47H52N10O5. The summed E-state index contributed by atoms with van der Waals surface area (Å²) >= 11 is 0. The largest absolute Gasteiger partial charge is 0.508 e. The monoisotopic (exact) mass is 836 g/mol. The number of rotatable bonds is 12. The highest BCUT2D eigenvalue weighted by atomic mass is 16.3. The van der Waals surface area contributed by atoms with Crippen molar-refractivity contribution in [3.63, 3.8) is 0 Å². The second-order valence-electron chi connectivity index (χ2n) is 16.6. The lowest BCUT2D eigenvalue weighted by Gasteiger charge is -2.55. The molecule has 1 aliphatic carbocycles. The first-order valence-electron chi connectivity index (χ1n) is 21.3. The zero-order valence-corrected chi connectivity index (χ0v) is 34.9. The van der Waals surface area contributed by atoms with Crippen LogP contribution in [0.2, 0.25) is 0 Å². The molecule has 15 heteroatoms. The van der Waals surface area contributed by atoms with Gasteiger partial charge in [0, 0.05) is 76.9 Å².